The van der Waals surface area contributed by atoms with Crippen LogP contribution in [0.4, 0.5) is 10.1 Å². The molecular weight excluding hydrogens is 311 g/mol. The maximum atomic E-state index is 13.5. The van der Waals surface area contributed by atoms with Crippen molar-refractivity contribution in [3.63, 3.8) is 0 Å². The molecule has 0 heterocycles. The quantitative estimate of drug-likeness (QED) is 0.807. The molecule has 112 valence electrons. The zero-order valence-electron chi connectivity index (χ0n) is 10.9. The first-order valence-electron chi connectivity index (χ1n) is 5.52. The topological polar surface area (TPSA) is 75.7 Å². The number of benzene rings is 1. The third-order valence-electron chi connectivity index (χ3n) is 2.44. The van der Waals surface area contributed by atoms with Crippen LogP contribution in [0, 0.1) is 5.82 Å². The van der Waals surface area contributed by atoms with Crippen LogP contribution in [0.15, 0.2) is 18.2 Å². The fourth-order valence-corrected chi connectivity index (χ4v) is 2.35. The summed E-state index contributed by atoms with van der Waals surface area (Å²) in [6.45, 7) is -0.0861. The van der Waals surface area contributed by atoms with E-state index < -0.39 is 22.0 Å². The van der Waals surface area contributed by atoms with Crippen molar-refractivity contribution in [1.82, 2.24) is 4.31 Å². The molecule has 0 atom stereocenters. The van der Waals surface area contributed by atoms with Crippen LogP contribution < -0.4 is 4.72 Å². The summed E-state index contributed by atoms with van der Waals surface area (Å²) in [5.74, 6) is -1.33. The Morgan fingerprint density at radius 3 is 2.70 bits per heavy atom. The van der Waals surface area contributed by atoms with E-state index in [1.807, 2.05) is 0 Å². The van der Waals surface area contributed by atoms with E-state index in [4.69, 9.17) is 11.6 Å². The van der Waals surface area contributed by atoms with Crippen molar-refractivity contribution in [3.8, 4) is 0 Å². The molecule has 20 heavy (non-hydrogen) atoms. The van der Waals surface area contributed by atoms with E-state index in [0.717, 1.165) is 10.4 Å². The van der Waals surface area contributed by atoms with Gasteiger partial charge in [-0.2, -0.15) is 12.7 Å². The fourth-order valence-electron chi connectivity index (χ4n) is 1.26. The number of halogens is 2. The lowest BCUT2D eigenvalue weighted by molar-refractivity contribution is -0.140. The Morgan fingerprint density at radius 1 is 1.50 bits per heavy atom. The number of methoxy groups -OCH3 is 1. The van der Waals surface area contributed by atoms with Crippen molar-refractivity contribution in [2.45, 2.75) is 6.42 Å². The molecule has 0 aromatic heterocycles. The van der Waals surface area contributed by atoms with Crippen LogP contribution in [0.25, 0.3) is 0 Å². The van der Waals surface area contributed by atoms with Crippen LogP contribution in [-0.4, -0.2) is 39.4 Å². The Hall–Kier alpha value is -1.38. The summed E-state index contributed by atoms with van der Waals surface area (Å²) in [7, 11) is -1.49. The number of carbonyl (C=O) groups is 1. The highest BCUT2D eigenvalue weighted by molar-refractivity contribution is 7.90. The Labute approximate surface area is 121 Å². The van der Waals surface area contributed by atoms with E-state index in [-0.39, 0.29) is 23.7 Å². The largest absolute Gasteiger partial charge is 0.469 e. The second-order valence-corrected chi connectivity index (χ2v) is 6.09. The van der Waals surface area contributed by atoms with Crippen LogP contribution in [0.1, 0.15) is 6.42 Å². The van der Waals surface area contributed by atoms with E-state index in [2.05, 4.69) is 9.46 Å². The fraction of sp³-hybridized carbons (Fsp3) is 0.364. The molecule has 1 rings (SSSR count). The Morgan fingerprint density at radius 2 is 2.15 bits per heavy atom. The predicted octanol–water partition coefficient (Wildman–Crippen LogP) is 1.63. The van der Waals surface area contributed by atoms with Crippen LogP contribution in [0.3, 0.4) is 0 Å². The van der Waals surface area contributed by atoms with Crippen molar-refractivity contribution in [2.24, 2.45) is 0 Å². The first-order chi connectivity index (χ1) is 9.26. The summed E-state index contributed by atoms with van der Waals surface area (Å²) >= 11 is 5.57. The maximum absolute atomic E-state index is 13.5. The molecule has 0 fully saturated rings. The molecule has 0 saturated heterocycles. The Kier molecular flexibility index (Phi) is 5.73. The van der Waals surface area contributed by atoms with Crippen LogP contribution in [0.5, 0.6) is 0 Å². The number of esters is 1. The van der Waals surface area contributed by atoms with Crippen molar-refractivity contribution in [2.75, 3.05) is 25.4 Å². The van der Waals surface area contributed by atoms with Crippen LogP contribution >= 0.6 is 11.6 Å². The lowest BCUT2D eigenvalue weighted by Gasteiger charge is -2.18. The lowest BCUT2D eigenvalue weighted by Crippen LogP contribution is -2.34. The van der Waals surface area contributed by atoms with Gasteiger partial charge in [-0.05, 0) is 18.2 Å². The van der Waals surface area contributed by atoms with Gasteiger partial charge >= 0.3 is 16.2 Å². The average molecular weight is 325 g/mol. The van der Waals surface area contributed by atoms with Crippen LogP contribution in [-0.2, 0) is 19.7 Å². The Balaban J connectivity index is 2.76. The third kappa shape index (κ3) is 4.62. The van der Waals surface area contributed by atoms with E-state index in [1.54, 1.807) is 0 Å². The summed E-state index contributed by atoms with van der Waals surface area (Å²) < 4.78 is 44.7. The summed E-state index contributed by atoms with van der Waals surface area (Å²) in [4.78, 5) is 11.0. The van der Waals surface area contributed by atoms with E-state index in [1.165, 1.54) is 26.3 Å². The molecule has 0 amide bonds. The second kappa shape index (κ2) is 6.87. The Bertz CT molecular complexity index is 594. The normalized spacial score (nSPS) is 11.4. The SMILES string of the molecule is COC(=O)CCN(C)S(=O)(=O)Nc1ccc(Cl)cc1F. The van der Waals surface area contributed by atoms with Crippen molar-refractivity contribution >= 4 is 33.5 Å². The molecular formula is C11H14ClFN2O4S. The number of hydrogen-bond acceptors (Lipinski definition) is 4. The molecule has 0 aliphatic carbocycles. The molecule has 0 unspecified atom stereocenters. The van der Waals surface area contributed by atoms with Gasteiger partial charge in [-0.3, -0.25) is 9.52 Å². The van der Waals surface area contributed by atoms with Gasteiger partial charge in [-0.1, -0.05) is 11.6 Å². The van der Waals surface area contributed by atoms with Gasteiger partial charge in [-0.15, -0.1) is 0 Å². The van der Waals surface area contributed by atoms with Gasteiger partial charge in [0.05, 0.1) is 19.2 Å². The minimum atomic E-state index is -3.96. The van der Waals surface area contributed by atoms with E-state index >= 15 is 0 Å². The molecule has 0 aliphatic rings. The van der Waals surface area contributed by atoms with Crippen LogP contribution in [0.2, 0.25) is 5.02 Å². The zero-order chi connectivity index (χ0) is 15.3. The molecule has 0 spiro atoms. The lowest BCUT2D eigenvalue weighted by atomic mass is 10.3. The molecule has 0 radical (unpaired) electrons. The van der Waals surface area contributed by atoms with Gasteiger partial charge in [-0.25, -0.2) is 4.39 Å². The summed E-state index contributed by atoms with van der Waals surface area (Å²) in [5.41, 5.74) is -0.223. The van der Waals surface area contributed by atoms with Crippen molar-refractivity contribution < 1.29 is 22.3 Å². The average Bonchev–Trinajstić information content (AvgIpc) is 2.38. The zero-order valence-corrected chi connectivity index (χ0v) is 12.5. The third-order valence-corrected chi connectivity index (χ3v) is 4.16. The predicted molar refractivity (Wildman–Crippen MR) is 73.2 cm³/mol. The summed E-state index contributed by atoms with van der Waals surface area (Å²) in [6.07, 6.45) is -0.100. The molecule has 0 aliphatic heterocycles. The van der Waals surface area contributed by atoms with Gasteiger partial charge in [0.2, 0.25) is 0 Å². The summed E-state index contributed by atoms with van der Waals surface area (Å²) in [5, 5.41) is 0.157. The highest BCUT2D eigenvalue weighted by Crippen LogP contribution is 2.20. The first kappa shape index (κ1) is 16.7. The van der Waals surface area contributed by atoms with E-state index in [9.17, 15) is 17.6 Å². The molecule has 0 saturated carbocycles. The molecule has 1 aromatic carbocycles. The molecule has 1 aromatic rings. The molecule has 0 bridgehead atoms. The van der Waals surface area contributed by atoms with E-state index in [0.29, 0.717) is 0 Å². The number of nitrogens with one attached hydrogen (secondary N) is 1. The van der Waals surface area contributed by atoms with Gasteiger partial charge in [0.25, 0.3) is 0 Å². The first-order valence-corrected chi connectivity index (χ1v) is 7.34. The molecule has 9 heteroatoms. The van der Waals surface area contributed by atoms with Crippen molar-refractivity contribution in [3.05, 3.63) is 29.0 Å². The number of rotatable bonds is 6. The summed E-state index contributed by atoms with van der Waals surface area (Å²) in [6, 6.07) is 3.56. The van der Waals surface area contributed by atoms with Crippen molar-refractivity contribution in [1.29, 1.82) is 0 Å². The minimum absolute atomic E-state index is 0.0861. The number of carbonyl (C=O) groups excluding carboxylic acids is 1. The highest BCUT2D eigenvalue weighted by atomic mass is 35.5. The van der Waals surface area contributed by atoms with Gasteiger partial charge in [0.15, 0.2) is 0 Å². The van der Waals surface area contributed by atoms with Gasteiger partial charge in [0, 0.05) is 18.6 Å². The maximum Gasteiger partial charge on any atom is 0.306 e. The molecule has 6 nitrogen and oxygen atoms in total. The second-order valence-electron chi connectivity index (χ2n) is 3.88. The highest BCUT2D eigenvalue weighted by Gasteiger charge is 2.20. The number of hydrogen-bond donors (Lipinski definition) is 1. The van der Waals surface area contributed by atoms with Gasteiger partial charge < -0.3 is 4.74 Å². The minimum Gasteiger partial charge on any atom is -0.469 e. The smallest absolute Gasteiger partial charge is 0.306 e. The molecule has 1 N–H and O–H groups in total. The van der Waals surface area contributed by atoms with Gasteiger partial charge in [0.1, 0.15) is 5.82 Å². The monoisotopic (exact) mass is 324 g/mol. The number of ether oxygens (including phenoxy) is 1. The number of nitrogens with zero attached hydrogens (tertiary/aromatic N) is 1. The number of anilines is 1. The standard InChI is InChI=1S/C11H14ClFN2O4S/c1-15(6-5-11(16)19-2)20(17,18)14-10-4-3-8(12)7-9(10)13/h3-4,7,14H,5-6H2,1-2H3.